The molecule has 4 heteroatoms. The average molecular weight is 202 g/mol. The first-order valence-corrected chi connectivity index (χ1v) is 5.09. The molecule has 0 aromatic rings. The Morgan fingerprint density at radius 3 is 2.43 bits per heavy atom. The van der Waals surface area contributed by atoms with Gasteiger partial charge in [0.05, 0.1) is 0 Å². The lowest BCUT2D eigenvalue weighted by molar-refractivity contribution is 0.0263. The number of hydrogen-bond donors (Lipinski definition) is 2. The smallest absolute Gasteiger partial charge is 0.405 e. The van der Waals surface area contributed by atoms with Crippen LogP contribution in [0, 0.1) is 5.92 Å². The van der Waals surface area contributed by atoms with Gasteiger partial charge in [-0.25, -0.2) is 4.79 Å². The molecule has 0 aliphatic heterocycles. The van der Waals surface area contributed by atoms with E-state index >= 15 is 0 Å². The molecule has 0 aliphatic carbocycles. The molecular formula is C10H22N2O2. The van der Waals surface area contributed by atoms with Crippen LogP contribution in [0.15, 0.2) is 0 Å². The predicted molar refractivity (Wildman–Crippen MR) is 56.8 cm³/mol. The summed E-state index contributed by atoms with van der Waals surface area (Å²) in [6.45, 7) is 6.45. The number of nitrogens with two attached hydrogens (primary N) is 2. The maximum atomic E-state index is 10.6. The summed E-state index contributed by atoms with van der Waals surface area (Å²) >= 11 is 0. The maximum Gasteiger partial charge on any atom is 0.405 e. The Labute approximate surface area is 86.0 Å². The van der Waals surface area contributed by atoms with E-state index in [1.165, 1.54) is 0 Å². The standard InChI is InChI=1S/C10H22N2O2/c1-4-5-8(7-11)6-10(2,3)14-9(12)13/h8H,4-7,11H2,1-3H3,(H2,12,13)/t8-/m0/s1. The molecule has 0 saturated carbocycles. The highest BCUT2D eigenvalue weighted by molar-refractivity contribution is 5.65. The fourth-order valence-electron chi connectivity index (χ4n) is 1.72. The monoisotopic (exact) mass is 202 g/mol. The molecule has 0 rings (SSSR count). The first kappa shape index (κ1) is 13.2. The summed E-state index contributed by atoms with van der Waals surface area (Å²) in [6, 6.07) is 0. The third-order valence-electron chi connectivity index (χ3n) is 2.19. The third-order valence-corrected chi connectivity index (χ3v) is 2.19. The number of carbonyl (C=O) groups is 1. The molecule has 0 unspecified atom stereocenters. The van der Waals surface area contributed by atoms with Gasteiger partial charge in [-0.3, -0.25) is 0 Å². The molecule has 0 aromatic carbocycles. The van der Waals surface area contributed by atoms with Crippen LogP contribution in [-0.2, 0) is 4.74 Å². The van der Waals surface area contributed by atoms with Crippen molar-refractivity contribution in [1.29, 1.82) is 0 Å². The van der Waals surface area contributed by atoms with E-state index < -0.39 is 11.7 Å². The Hall–Kier alpha value is -0.770. The van der Waals surface area contributed by atoms with Crippen molar-refractivity contribution in [2.24, 2.45) is 17.4 Å². The summed E-state index contributed by atoms with van der Waals surface area (Å²) in [5, 5.41) is 0. The molecule has 0 aliphatic rings. The lowest BCUT2D eigenvalue weighted by Crippen LogP contribution is -2.34. The molecule has 4 N–H and O–H groups in total. The van der Waals surface area contributed by atoms with Gasteiger partial charge in [-0.1, -0.05) is 13.3 Å². The highest BCUT2D eigenvalue weighted by atomic mass is 16.6. The van der Waals surface area contributed by atoms with Crippen molar-refractivity contribution in [2.75, 3.05) is 6.54 Å². The van der Waals surface area contributed by atoms with Gasteiger partial charge in [-0.2, -0.15) is 0 Å². The van der Waals surface area contributed by atoms with Crippen molar-refractivity contribution in [2.45, 2.75) is 45.6 Å². The molecule has 0 aromatic heterocycles. The summed E-state index contributed by atoms with van der Waals surface area (Å²) in [7, 11) is 0. The second kappa shape index (κ2) is 5.86. The van der Waals surface area contributed by atoms with Crippen LogP contribution in [0.5, 0.6) is 0 Å². The highest BCUT2D eigenvalue weighted by Crippen LogP contribution is 2.22. The predicted octanol–water partition coefficient (Wildman–Crippen LogP) is 1.63. The van der Waals surface area contributed by atoms with Crippen molar-refractivity contribution in [3.63, 3.8) is 0 Å². The molecule has 84 valence electrons. The zero-order valence-electron chi connectivity index (χ0n) is 9.38. The zero-order chi connectivity index (χ0) is 11.2. The number of carbonyl (C=O) groups excluding carboxylic acids is 1. The van der Waals surface area contributed by atoms with Crippen LogP contribution >= 0.6 is 0 Å². The molecule has 0 spiro atoms. The van der Waals surface area contributed by atoms with Gasteiger partial charge in [0.25, 0.3) is 0 Å². The number of rotatable bonds is 6. The molecular weight excluding hydrogens is 180 g/mol. The van der Waals surface area contributed by atoms with E-state index in [4.69, 9.17) is 16.2 Å². The number of primary amides is 1. The van der Waals surface area contributed by atoms with Crippen LogP contribution in [0.2, 0.25) is 0 Å². The zero-order valence-corrected chi connectivity index (χ0v) is 9.38. The summed E-state index contributed by atoms with van der Waals surface area (Å²) in [5.41, 5.74) is 10.1. The van der Waals surface area contributed by atoms with Crippen molar-refractivity contribution in [1.82, 2.24) is 0 Å². The minimum Gasteiger partial charge on any atom is -0.444 e. The van der Waals surface area contributed by atoms with Crippen LogP contribution in [0.1, 0.15) is 40.0 Å². The van der Waals surface area contributed by atoms with Gasteiger partial charge in [0.1, 0.15) is 5.60 Å². The van der Waals surface area contributed by atoms with E-state index in [2.05, 4.69) is 6.92 Å². The van der Waals surface area contributed by atoms with Gasteiger partial charge in [0, 0.05) is 0 Å². The topological polar surface area (TPSA) is 78.3 Å². The van der Waals surface area contributed by atoms with Crippen molar-refractivity contribution in [3.05, 3.63) is 0 Å². The molecule has 14 heavy (non-hydrogen) atoms. The molecule has 1 amide bonds. The van der Waals surface area contributed by atoms with Gasteiger partial charge >= 0.3 is 6.09 Å². The van der Waals surface area contributed by atoms with Crippen molar-refractivity contribution >= 4 is 6.09 Å². The normalized spacial score (nSPS) is 13.7. The van der Waals surface area contributed by atoms with E-state index in [1.54, 1.807) is 0 Å². The Morgan fingerprint density at radius 2 is 2.07 bits per heavy atom. The van der Waals surface area contributed by atoms with Gasteiger partial charge in [-0.15, -0.1) is 0 Å². The second-order valence-electron chi connectivity index (χ2n) is 4.28. The van der Waals surface area contributed by atoms with Gasteiger partial charge in [0.15, 0.2) is 0 Å². The van der Waals surface area contributed by atoms with Gasteiger partial charge < -0.3 is 16.2 Å². The Balaban J connectivity index is 4.09. The second-order valence-corrected chi connectivity index (χ2v) is 4.28. The summed E-state index contributed by atoms with van der Waals surface area (Å²) in [5.74, 6) is 0.398. The Bertz CT molecular complexity index is 181. The van der Waals surface area contributed by atoms with Crippen LogP contribution in [-0.4, -0.2) is 18.2 Å². The summed E-state index contributed by atoms with van der Waals surface area (Å²) < 4.78 is 5.00. The molecule has 0 radical (unpaired) electrons. The maximum absolute atomic E-state index is 10.6. The van der Waals surface area contributed by atoms with Crippen LogP contribution in [0.4, 0.5) is 4.79 Å². The van der Waals surface area contributed by atoms with E-state index in [0.29, 0.717) is 12.5 Å². The van der Waals surface area contributed by atoms with Crippen molar-refractivity contribution in [3.8, 4) is 0 Å². The molecule has 0 heterocycles. The summed E-state index contributed by atoms with van der Waals surface area (Å²) in [4.78, 5) is 10.6. The SMILES string of the molecule is CCC[C@H](CN)CC(C)(C)OC(N)=O. The Kier molecular flexibility index (Phi) is 5.53. The van der Waals surface area contributed by atoms with E-state index in [1.807, 2.05) is 13.8 Å². The van der Waals surface area contributed by atoms with Crippen LogP contribution < -0.4 is 11.5 Å². The number of ether oxygens (including phenoxy) is 1. The fraction of sp³-hybridized carbons (Fsp3) is 0.900. The molecule has 1 atom stereocenters. The molecule has 0 bridgehead atoms. The third kappa shape index (κ3) is 5.80. The first-order valence-electron chi connectivity index (χ1n) is 5.09. The highest BCUT2D eigenvalue weighted by Gasteiger charge is 2.25. The van der Waals surface area contributed by atoms with Gasteiger partial charge in [-0.05, 0) is 39.2 Å². The van der Waals surface area contributed by atoms with Gasteiger partial charge in [0.2, 0.25) is 0 Å². The molecule has 0 saturated heterocycles. The van der Waals surface area contributed by atoms with Crippen LogP contribution in [0.25, 0.3) is 0 Å². The molecule has 4 nitrogen and oxygen atoms in total. The minimum atomic E-state index is -0.720. The molecule has 0 fully saturated rings. The largest absolute Gasteiger partial charge is 0.444 e. The lowest BCUT2D eigenvalue weighted by atomic mass is 9.90. The average Bonchev–Trinajstić information content (AvgIpc) is 2.00. The number of amides is 1. The van der Waals surface area contributed by atoms with E-state index in [0.717, 1.165) is 19.3 Å². The Morgan fingerprint density at radius 1 is 1.50 bits per heavy atom. The quantitative estimate of drug-likeness (QED) is 0.687. The van der Waals surface area contributed by atoms with Crippen LogP contribution in [0.3, 0.4) is 0 Å². The fourth-order valence-corrected chi connectivity index (χ4v) is 1.72. The van der Waals surface area contributed by atoms with Crippen molar-refractivity contribution < 1.29 is 9.53 Å². The summed E-state index contributed by atoms with van der Waals surface area (Å²) in [6.07, 6.45) is 2.19. The van der Waals surface area contributed by atoms with E-state index in [9.17, 15) is 4.79 Å². The number of hydrogen-bond acceptors (Lipinski definition) is 3. The first-order chi connectivity index (χ1) is 6.41. The lowest BCUT2D eigenvalue weighted by Gasteiger charge is -2.28. The minimum absolute atomic E-state index is 0.398. The van der Waals surface area contributed by atoms with E-state index in [-0.39, 0.29) is 0 Å².